The van der Waals surface area contributed by atoms with Gasteiger partial charge in [0.25, 0.3) is 0 Å². The van der Waals surface area contributed by atoms with Gasteiger partial charge in [0.05, 0.1) is 0 Å². The molecule has 2 aromatic rings. The van der Waals surface area contributed by atoms with Gasteiger partial charge < -0.3 is 20.5 Å². The van der Waals surface area contributed by atoms with E-state index in [1.165, 1.54) is 6.92 Å². The smallest absolute Gasteiger partial charge is 0.407 e. The summed E-state index contributed by atoms with van der Waals surface area (Å²) in [7, 11) is 0. The van der Waals surface area contributed by atoms with Crippen LogP contribution in [-0.4, -0.2) is 41.8 Å². The number of hydrogen-bond donors (Lipinski definition) is 3. The first-order valence-electron chi connectivity index (χ1n) is 10.7. The number of carbonyl (C=O) groups is 3. The number of nitrogens with one attached hydrogen (secondary N) is 2. The zero-order valence-corrected chi connectivity index (χ0v) is 18.8. The van der Waals surface area contributed by atoms with Crippen LogP contribution in [0.1, 0.15) is 51.2 Å². The zero-order chi connectivity index (χ0) is 23.5. The van der Waals surface area contributed by atoms with Gasteiger partial charge in [0.15, 0.2) is 0 Å². The second kappa shape index (κ2) is 9.42. The number of aliphatic carboxylic acids is 1. The van der Waals surface area contributed by atoms with E-state index in [0.717, 1.165) is 22.3 Å². The Morgan fingerprint density at radius 1 is 0.969 bits per heavy atom. The summed E-state index contributed by atoms with van der Waals surface area (Å²) in [5, 5.41) is 14.2. The molecule has 0 saturated heterocycles. The molecule has 7 heteroatoms. The molecule has 32 heavy (non-hydrogen) atoms. The Hall–Kier alpha value is -3.35. The van der Waals surface area contributed by atoms with Crippen LogP contribution in [0.2, 0.25) is 0 Å². The van der Waals surface area contributed by atoms with Crippen LogP contribution in [0.3, 0.4) is 0 Å². The first kappa shape index (κ1) is 23.3. The normalized spacial score (nSPS) is 14.6. The Kier molecular flexibility index (Phi) is 6.87. The summed E-state index contributed by atoms with van der Waals surface area (Å²) >= 11 is 0. The highest BCUT2D eigenvalue weighted by Gasteiger charge is 2.32. The summed E-state index contributed by atoms with van der Waals surface area (Å²) in [5.74, 6) is -1.62. The first-order chi connectivity index (χ1) is 15.1. The van der Waals surface area contributed by atoms with Crippen LogP contribution in [0.4, 0.5) is 4.79 Å². The predicted molar refractivity (Wildman–Crippen MR) is 121 cm³/mol. The van der Waals surface area contributed by atoms with Crippen molar-refractivity contribution in [2.75, 3.05) is 6.61 Å². The maximum Gasteiger partial charge on any atom is 0.407 e. The molecule has 0 heterocycles. The quantitative estimate of drug-likeness (QED) is 0.608. The van der Waals surface area contributed by atoms with E-state index in [9.17, 15) is 14.4 Å². The van der Waals surface area contributed by atoms with E-state index in [-0.39, 0.29) is 18.9 Å². The standard InChI is InChI=1S/C25H30N2O5/c1-15(23(29)30)26-22(28)13-21(25(2,3)4)27-24(31)32-14-20-18-11-7-5-9-16(18)17-10-6-8-12-19(17)20/h5-12,15,20-21H,13-14H2,1-4H3,(H,26,28)(H,27,31)(H,29,30). The van der Waals surface area contributed by atoms with Crippen LogP contribution >= 0.6 is 0 Å². The lowest BCUT2D eigenvalue weighted by molar-refractivity contribution is -0.141. The molecule has 170 valence electrons. The molecule has 2 atom stereocenters. The van der Waals surface area contributed by atoms with Gasteiger partial charge in [0, 0.05) is 18.4 Å². The number of benzene rings is 2. The highest BCUT2D eigenvalue weighted by molar-refractivity contribution is 5.84. The second-order valence-corrected chi connectivity index (χ2v) is 9.22. The Balaban J connectivity index is 1.65. The maximum absolute atomic E-state index is 12.6. The van der Waals surface area contributed by atoms with Crippen molar-refractivity contribution >= 4 is 18.0 Å². The highest BCUT2D eigenvalue weighted by atomic mass is 16.5. The van der Waals surface area contributed by atoms with E-state index in [1.54, 1.807) is 0 Å². The summed E-state index contributed by atoms with van der Waals surface area (Å²) in [6.07, 6.45) is -0.656. The number of hydrogen-bond acceptors (Lipinski definition) is 4. The molecule has 0 bridgehead atoms. The van der Waals surface area contributed by atoms with Gasteiger partial charge in [0.1, 0.15) is 12.6 Å². The number of rotatable bonds is 7. The van der Waals surface area contributed by atoms with Crippen LogP contribution in [0.15, 0.2) is 48.5 Å². The Labute approximate surface area is 188 Å². The molecule has 0 saturated carbocycles. The summed E-state index contributed by atoms with van der Waals surface area (Å²) in [6.45, 7) is 7.27. The van der Waals surface area contributed by atoms with E-state index in [0.29, 0.717) is 0 Å². The SMILES string of the molecule is CC(NC(=O)CC(NC(=O)OCC1c2ccccc2-c2ccccc21)C(C)(C)C)C(=O)O. The predicted octanol–water partition coefficient (Wildman–Crippen LogP) is 3.92. The van der Waals surface area contributed by atoms with Gasteiger partial charge in [-0.1, -0.05) is 69.3 Å². The third-order valence-corrected chi connectivity index (χ3v) is 5.82. The number of alkyl carbamates (subject to hydrolysis) is 1. The monoisotopic (exact) mass is 438 g/mol. The van der Waals surface area contributed by atoms with Gasteiger partial charge in [-0.15, -0.1) is 0 Å². The average molecular weight is 439 g/mol. The molecule has 2 amide bonds. The summed E-state index contributed by atoms with van der Waals surface area (Å²) in [6, 6.07) is 14.7. The van der Waals surface area contributed by atoms with Crippen LogP contribution in [0.25, 0.3) is 11.1 Å². The summed E-state index contributed by atoms with van der Waals surface area (Å²) in [5.41, 5.74) is 4.10. The lowest BCUT2D eigenvalue weighted by Gasteiger charge is -2.31. The number of amides is 2. The second-order valence-electron chi connectivity index (χ2n) is 9.22. The van der Waals surface area contributed by atoms with Crippen molar-refractivity contribution in [3.05, 3.63) is 59.7 Å². The third kappa shape index (κ3) is 5.28. The van der Waals surface area contributed by atoms with E-state index in [1.807, 2.05) is 57.2 Å². The molecule has 0 aromatic heterocycles. The lowest BCUT2D eigenvalue weighted by atomic mass is 9.84. The summed E-state index contributed by atoms with van der Waals surface area (Å²) < 4.78 is 5.59. The highest BCUT2D eigenvalue weighted by Crippen LogP contribution is 2.44. The Bertz CT molecular complexity index is 966. The minimum absolute atomic E-state index is 0.0503. The largest absolute Gasteiger partial charge is 0.480 e. The van der Waals surface area contributed by atoms with Gasteiger partial charge in [-0.05, 0) is 34.6 Å². The van der Waals surface area contributed by atoms with Crippen LogP contribution in [-0.2, 0) is 14.3 Å². The van der Waals surface area contributed by atoms with Crippen LogP contribution in [0, 0.1) is 5.41 Å². The van der Waals surface area contributed by atoms with Crippen molar-refractivity contribution < 1.29 is 24.2 Å². The molecule has 2 aromatic carbocycles. The average Bonchev–Trinajstić information content (AvgIpc) is 3.05. The van der Waals surface area contributed by atoms with Gasteiger partial charge in [0.2, 0.25) is 5.91 Å². The van der Waals surface area contributed by atoms with E-state index >= 15 is 0 Å². The van der Waals surface area contributed by atoms with Crippen molar-refractivity contribution in [2.24, 2.45) is 5.41 Å². The molecule has 0 radical (unpaired) electrons. The van der Waals surface area contributed by atoms with E-state index < -0.39 is 35.5 Å². The van der Waals surface area contributed by atoms with E-state index in [2.05, 4.69) is 22.8 Å². The minimum atomic E-state index is -1.12. The lowest BCUT2D eigenvalue weighted by Crippen LogP contribution is -2.48. The molecule has 3 N–H and O–H groups in total. The van der Waals surface area contributed by atoms with Crippen molar-refractivity contribution in [3.8, 4) is 11.1 Å². The number of fused-ring (bicyclic) bond motifs is 3. The number of carboxylic acids is 1. The number of carbonyl (C=O) groups excluding carboxylic acids is 2. The third-order valence-electron chi connectivity index (χ3n) is 5.82. The zero-order valence-electron chi connectivity index (χ0n) is 18.8. The molecular weight excluding hydrogens is 408 g/mol. The van der Waals surface area contributed by atoms with Gasteiger partial charge in [-0.3, -0.25) is 9.59 Å². The number of ether oxygens (including phenoxy) is 1. The Morgan fingerprint density at radius 2 is 1.50 bits per heavy atom. The fraction of sp³-hybridized carbons (Fsp3) is 0.400. The molecule has 7 nitrogen and oxygen atoms in total. The molecular formula is C25H30N2O5. The fourth-order valence-electron chi connectivity index (χ4n) is 3.90. The van der Waals surface area contributed by atoms with Crippen LogP contribution < -0.4 is 10.6 Å². The topological polar surface area (TPSA) is 105 Å². The van der Waals surface area contributed by atoms with Crippen LogP contribution in [0.5, 0.6) is 0 Å². The van der Waals surface area contributed by atoms with Crippen molar-refractivity contribution in [2.45, 2.75) is 52.1 Å². The molecule has 3 rings (SSSR count). The van der Waals surface area contributed by atoms with Gasteiger partial charge in [-0.25, -0.2) is 4.79 Å². The molecule has 2 unspecified atom stereocenters. The van der Waals surface area contributed by atoms with E-state index in [4.69, 9.17) is 9.84 Å². The molecule has 0 aliphatic heterocycles. The van der Waals surface area contributed by atoms with Gasteiger partial charge >= 0.3 is 12.1 Å². The molecule has 1 aliphatic rings. The van der Waals surface area contributed by atoms with Gasteiger partial charge in [-0.2, -0.15) is 0 Å². The van der Waals surface area contributed by atoms with Crippen molar-refractivity contribution in [1.82, 2.24) is 10.6 Å². The number of carboxylic acid groups (broad SMARTS) is 1. The van der Waals surface area contributed by atoms with Crippen molar-refractivity contribution in [1.29, 1.82) is 0 Å². The molecule has 0 fully saturated rings. The first-order valence-corrected chi connectivity index (χ1v) is 10.7. The fourth-order valence-corrected chi connectivity index (χ4v) is 3.90. The molecule has 1 aliphatic carbocycles. The van der Waals surface area contributed by atoms with Crippen molar-refractivity contribution in [3.63, 3.8) is 0 Å². The maximum atomic E-state index is 12.6. The minimum Gasteiger partial charge on any atom is -0.480 e. The Morgan fingerprint density at radius 3 is 2.00 bits per heavy atom. The summed E-state index contributed by atoms with van der Waals surface area (Å²) in [4.78, 5) is 35.9. The molecule has 0 spiro atoms.